The number of carboxylic acid groups (broad SMARTS) is 1. The molecular weight excluding hydrogens is 417 g/mol. The number of carbonyl (C=O) groups excluding carboxylic acids is 1. The Morgan fingerprint density at radius 2 is 1.84 bits per heavy atom. The Morgan fingerprint density at radius 1 is 1.16 bits per heavy atom. The molecule has 1 aromatic heterocycles. The summed E-state index contributed by atoms with van der Waals surface area (Å²) in [6.45, 7) is 2.09. The molecule has 4 rings (SSSR count). The van der Waals surface area contributed by atoms with Crippen LogP contribution in [-0.2, 0) is 25.7 Å². The third-order valence-corrected chi connectivity index (χ3v) is 5.68. The lowest BCUT2D eigenvalue weighted by atomic mass is 9.99. The van der Waals surface area contributed by atoms with Crippen molar-refractivity contribution < 1.29 is 37.3 Å². The van der Waals surface area contributed by atoms with E-state index < -0.39 is 12.1 Å². The number of amides is 1. The molecule has 0 aromatic carbocycles. The number of carbonyl (C=O) groups is 2. The Balaban J connectivity index is 0.000000339. The molecule has 172 valence electrons. The van der Waals surface area contributed by atoms with Gasteiger partial charge in [-0.15, -0.1) is 0 Å². The number of aliphatic carboxylic acids is 1. The molecule has 0 unspecified atom stereocenters. The molecule has 1 amide bonds. The van der Waals surface area contributed by atoms with Gasteiger partial charge in [-0.3, -0.25) is 9.78 Å². The predicted molar refractivity (Wildman–Crippen MR) is 103 cm³/mol. The largest absolute Gasteiger partial charge is 0.490 e. The van der Waals surface area contributed by atoms with E-state index in [0.29, 0.717) is 31.1 Å². The van der Waals surface area contributed by atoms with Gasteiger partial charge in [-0.1, -0.05) is 0 Å². The van der Waals surface area contributed by atoms with Crippen LogP contribution in [0.2, 0.25) is 0 Å². The SMILES string of the molecule is O=C(CC1CC1)N1CC[C@@H]2O[C@H](COCc3ccncc3)CC[C@@H]21.O=C(O)C(F)(F)F. The summed E-state index contributed by atoms with van der Waals surface area (Å²) in [5.41, 5.74) is 1.14. The van der Waals surface area contributed by atoms with Crippen molar-refractivity contribution >= 4 is 11.9 Å². The molecule has 0 radical (unpaired) electrons. The molecule has 0 bridgehead atoms. The molecule has 3 atom stereocenters. The van der Waals surface area contributed by atoms with Crippen LogP contribution in [0.5, 0.6) is 0 Å². The zero-order chi connectivity index (χ0) is 22.4. The van der Waals surface area contributed by atoms with Crippen LogP contribution in [-0.4, -0.2) is 64.4 Å². The van der Waals surface area contributed by atoms with Gasteiger partial charge in [0.25, 0.3) is 0 Å². The Bertz CT molecular complexity index is 742. The molecule has 7 nitrogen and oxygen atoms in total. The summed E-state index contributed by atoms with van der Waals surface area (Å²) in [4.78, 5) is 27.4. The molecule has 3 fully saturated rings. The molecule has 3 heterocycles. The van der Waals surface area contributed by atoms with E-state index in [1.807, 2.05) is 12.1 Å². The number of rotatable bonds is 6. The lowest BCUT2D eigenvalue weighted by molar-refractivity contribution is -0.192. The number of pyridine rings is 1. The molecule has 2 saturated heterocycles. The van der Waals surface area contributed by atoms with E-state index in [2.05, 4.69) is 9.88 Å². The molecule has 1 aliphatic carbocycles. The second-order valence-corrected chi connectivity index (χ2v) is 8.14. The summed E-state index contributed by atoms with van der Waals surface area (Å²) >= 11 is 0. The van der Waals surface area contributed by atoms with E-state index in [-0.39, 0.29) is 12.2 Å². The smallest absolute Gasteiger partial charge is 0.475 e. The van der Waals surface area contributed by atoms with E-state index in [1.54, 1.807) is 12.4 Å². The number of ether oxygens (including phenoxy) is 2. The molecule has 3 aliphatic rings. The maximum Gasteiger partial charge on any atom is 0.490 e. The van der Waals surface area contributed by atoms with Crippen molar-refractivity contribution in [2.75, 3.05) is 13.2 Å². The van der Waals surface area contributed by atoms with Crippen molar-refractivity contribution in [1.29, 1.82) is 0 Å². The number of hydrogen-bond acceptors (Lipinski definition) is 5. The molecule has 2 aliphatic heterocycles. The summed E-state index contributed by atoms with van der Waals surface area (Å²) < 4.78 is 43.8. The highest BCUT2D eigenvalue weighted by Crippen LogP contribution is 2.36. The van der Waals surface area contributed by atoms with Crippen LogP contribution < -0.4 is 0 Å². The van der Waals surface area contributed by atoms with E-state index in [9.17, 15) is 18.0 Å². The average molecular weight is 444 g/mol. The topological polar surface area (TPSA) is 89.0 Å². The van der Waals surface area contributed by atoms with E-state index in [1.165, 1.54) is 12.8 Å². The number of fused-ring (bicyclic) bond motifs is 1. The number of nitrogens with zero attached hydrogens (tertiary/aromatic N) is 2. The highest BCUT2D eigenvalue weighted by atomic mass is 19.4. The minimum Gasteiger partial charge on any atom is -0.475 e. The third kappa shape index (κ3) is 7.17. The lowest BCUT2D eigenvalue weighted by Gasteiger charge is -2.36. The summed E-state index contributed by atoms with van der Waals surface area (Å²) in [5.74, 6) is -1.75. The summed E-state index contributed by atoms with van der Waals surface area (Å²) in [6.07, 6.45) is 5.07. The quantitative estimate of drug-likeness (QED) is 0.725. The zero-order valence-electron chi connectivity index (χ0n) is 17.1. The van der Waals surface area contributed by atoms with Crippen molar-refractivity contribution in [3.8, 4) is 0 Å². The Labute approximate surface area is 178 Å². The summed E-state index contributed by atoms with van der Waals surface area (Å²) in [7, 11) is 0. The van der Waals surface area contributed by atoms with Crippen LogP contribution in [0.15, 0.2) is 24.5 Å². The van der Waals surface area contributed by atoms with Gasteiger partial charge in [0.2, 0.25) is 5.91 Å². The first-order valence-corrected chi connectivity index (χ1v) is 10.5. The first kappa shape index (κ1) is 23.5. The molecule has 0 spiro atoms. The molecule has 31 heavy (non-hydrogen) atoms. The van der Waals surface area contributed by atoms with Crippen molar-refractivity contribution in [3.05, 3.63) is 30.1 Å². The van der Waals surface area contributed by atoms with Crippen LogP contribution in [0.3, 0.4) is 0 Å². The van der Waals surface area contributed by atoms with Crippen LogP contribution in [0.25, 0.3) is 0 Å². The Kier molecular flexibility index (Phi) is 7.88. The minimum atomic E-state index is -5.08. The van der Waals surface area contributed by atoms with Gasteiger partial charge in [-0.05, 0) is 55.7 Å². The van der Waals surface area contributed by atoms with Gasteiger partial charge < -0.3 is 19.5 Å². The second-order valence-electron chi connectivity index (χ2n) is 8.14. The normalized spacial score (nSPS) is 25.4. The molecule has 1 N–H and O–H groups in total. The van der Waals surface area contributed by atoms with Crippen LogP contribution >= 0.6 is 0 Å². The van der Waals surface area contributed by atoms with Gasteiger partial charge in [0.15, 0.2) is 0 Å². The molecule has 1 aromatic rings. The van der Waals surface area contributed by atoms with Crippen molar-refractivity contribution in [3.63, 3.8) is 0 Å². The Hall–Kier alpha value is -2.20. The van der Waals surface area contributed by atoms with Crippen molar-refractivity contribution in [2.24, 2.45) is 5.92 Å². The van der Waals surface area contributed by atoms with Crippen LogP contribution in [0.1, 0.15) is 44.1 Å². The molecular formula is C21H27F3N2O5. The minimum absolute atomic E-state index is 0.159. The van der Waals surface area contributed by atoms with Gasteiger partial charge in [-0.25, -0.2) is 4.79 Å². The van der Waals surface area contributed by atoms with Gasteiger partial charge in [0.05, 0.1) is 31.5 Å². The van der Waals surface area contributed by atoms with E-state index in [0.717, 1.165) is 37.8 Å². The predicted octanol–water partition coefficient (Wildman–Crippen LogP) is 3.18. The maximum atomic E-state index is 12.4. The second kappa shape index (κ2) is 10.4. The van der Waals surface area contributed by atoms with Crippen LogP contribution in [0, 0.1) is 5.92 Å². The summed E-state index contributed by atoms with van der Waals surface area (Å²) in [5, 5.41) is 7.12. The number of halogens is 3. The zero-order valence-corrected chi connectivity index (χ0v) is 17.1. The van der Waals surface area contributed by atoms with Gasteiger partial charge in [0.1, 0.15) is 0 Å². The van der Waals surface area contributed by atoms with Gasteiger partial charge in [0, 0.05) is 25.4 Å². The molecule has 1 saturated carbocycles. The lowest BCUT2D eigenvalue weighted by Crippen LogP contribution is -2.46. The fourth-order valence-electron chi connectivity index (χ4n) is 3.90. The highest BCUT2D eigenvalue weighted by Gasteiger charge is 2.42. The first-order chi connectivity index (χ1) is 14.7. The third-order valence-electron chi connectivity index (χ3n) is 5.68. The van der Waals surface area contributed by atoms with Gasteiger partial charge >= 0.3 is 12.1 Å². The maximum absolute atomic E-state index is 12.4. The van der Waals surface area contributed by atoms with Gasteiger partial charge in [-0.2, -0.15) is 13.2 Å². The number of alkyl halides is 3. The standard InChI is InChI=1S/C19H26N2O3.C2HF3O2/c22-19(11-14-1-2-14)21-10-7-18-17(21)4-3-16(24-18)13-23-12-15-5-8-20-9-6-15;3-2(4,5)1(6)7/h5-6,8-9,14,16-18H,1-4,7,10-13H2;(H,6,7)/t16-,17-,18-;/m0./s1. The number of aromatic nitrogens is 1. The number of carboxylic acids is 1. The fraction of sp³-hybridized carbons (Fsp3) is 0.667. The fourth-order valence-corrected chi connectivity index (χ4v) is 3.90. The average Bonchev–Trinajstić information content (AvgIpc) is 3.44. The summed E-state index contributed by atoms with van der Waals surface area (Å²) in [6, 6.07) is 4.24. The van der Waals surface area contributed by atoms with Crippen LogP contribution in [0.4, 0.5) is 13.2 Å². The number of hydrogen-bond donors (Lipinski definition) is 1. The van der Waals surface area contributed by atoms with Crippen molar-refractivity contribution in [2.45, 2.75) is 69.6 Å². The Morgan fingerprint density at radius 3 is 2.45 bits per heavy atom. The molecule has 10 heteroatoms. The monoisotopic (exact) mass is 444 g/mol. The first-order valence-electron chi connectivity index (χ1n) is 10.5. The van der Waals surface area contributed by atoms with E-state index in [4.69, 9.17) is 19.4 Å². The van der Waals surface area contributed by atoms with Crippen molar-refractivity contribution in [1.82, 2.24) is 9.88 Å². The van der Waals surface area contributed by atoms with E-state index >= 15 is 0 Å². The number of likely N-dealkylation sites (tertiary alicyclic amines) is 1. The highest BCUT2D eigenvalue weighted by molar-refractivity contribution is 5.77.